The van der Waals surface area contributed by atoms with Crippen molar-refractivity contribution in [1.29, 1.82) is 0 Å². The lowest BCUT2D eigenvalue weighted by molar-refractivity contribution is -0.121. The zero-order chi connectivity index (χ0) is 12.5. The number of benzene rings is 1. The van der Waals surface area contributed by atoms with E-state index in [-0.39, 0.29) is 5.91 Å². The Morgan fingerprint density at radius 1 is 1.35 bits per heavy atom. The SMILES string of the molecule is C#CCCCNC(=O)CCc1ccc(N)cc1. The van der Waals surface area contributed by atoms with Crippen LogP contribution in [0.3, 0.4) is 0 Å². The second-order valence-electron chi connectivity index (χ2n) is 3.90. The molecule has 1 amide bonds. The van der Waals surface area contributed by atoms with Crippen LogP contribution in [0.15, 0.2) is 24.3 Å². The molecule has 0 heterocycles. The Labute approximate surface area is 102 Å². The van der Waals surface area contributed by atoms with Gasteiger partial charge >= 0.3 is 0 Å². The molecule has 17 heavy (non-hydrogen) atoms. The van der Waals surface area contributed by atoms with Gasteiger partial charge in [-0.15, -0.1) is 12.3 Å². The Bertz CT molecular complexity index is 390. The van der Waals surface area contributed by atoms with E-state index < -0.39 is 0 Å². The van der Waals surface area contributed by atoms with Crippen molar-refractivity contribution in [2.45, 2.75) is 25.7 Å². The number of anilines is 1. The van der Waals surface area contributed by atoms with E-state index in [0.717, 1.165) is 24.1 Å². The third-order valence-corrected chi connectivity index (χ3v) is 2.44. The minimum absolute atomic E-state index is 0.0684. The molecule has 3 heteroatoms. The molecular weight excluding hydrogens is 212 g/mol. The lowest BCUT2D eigenvalue weighted by Crippen LogP contribution is -2.24. The molecule has 0 saturated carbocycles. The highest BCUT2D eigenvalue weighted by Crippen LogP contribution is 2.07. The Morgan fingerprint density at radius 3 is 2.71 bits per heavy atom. The number of amides is 1. The van der Waals surface area contributed by atoms with E-state index >= 15 is 0 Å². The molecule has 1 aromatic rings. The highest BCUT2D eigenvalue weighted by molar-refractivity contribution is 5.76. The molecule has 0 aliphatic heterocycles. The Kier molecular flexibility index (Phi) is 5.67. The summed E-state index contributed by atoms with van der Waals surface area (Å²) in [5.74, 6) is 2.61. The van der Waals surface area contributed by atoms with Crippen molar-refractivity contribution >= 4 is 11.6 Å². The molecule has 1 aromatic carbocycles. The first kappa shape index (κ1) is 13.1. The fourth-order valence-corrected chi connectivity index (χ4v) is 1.45. The molecule has 1 rings (SSSR count). The van der Waals surface area contributed by atoms with Gasteiger partial charge in [-0.1, -0.05) is 12.1 Å². The molecule has 0 radical (unpaired) electrons. The maximum atomic E-state index is 11.5. The maximum Gasteiger partial charge on any atom is 0.220 e. The minimum atomic E-state index is 0.0684. The van der Waals surface area contributed by atoms with Gasteiger partial charge in [0.25, 0.3) is 0 Å². The van der Waals surface area contributed by atoms with Crippen molar-refractivity contribution in [2.75, 3.05) is 12.3 Å². The van der Waals surface area contributed by atoms with Gasteiger partial charge in [0.1, 0.15) is 0 Å². The summed E-state index contributed by atoms with van der Waals surface area (Å²) in [5, 5.41) is 2.84. The van der Waals surface area contributed by atoms with E-state index in [1.165, 1.54) is 0 Å². The fraction of sp³-hybridized carbons (Fsp3) is 0.357. The Morgan fingerprint density at radius 2 is 2.06 bits per heavy atom. The third kappa shape index (κ3) is 5.62. The maximum absolute atomic E-state index is 11.5. The van der Waals surface area contributed by atoms with Gasteiger partial charge in [-0.05, 0) is 30.5 Å². The summed E-state index contributed by atoms with van der Waals surface area (Å²) in [7, 11) is 0. The highest BCUT2D eigenvalue weighted by Gasteiger charge is 2.01. The van der Waals surface area contributed by atoms with Crippen LogP contribution in [0.25, 0.3) is 0 Å². The van der Waals surface area contributed by atoms with Crippen molar-refractivity contribution in [3.05, 3.63) is 29.8 Å². The Balaban J connectivity index is 2.19. The second-order valence-corrected chi connectivity index (χ2v) is 3.90. The van der Waals surface area contributed by atoms with Crippen LogP contribution in [0.5, 0.6) is 0 Å². The van der Waals surface area contributed by atoms with E-state index in [9.17, 15) is 4.79 Å². The Hall–Kier alpha value is -1.95. The smallest absolute Gasteiger partial charge is 0.220 e. The number of terminal acetylenes is 1. The van der Waals surface area contributed by atoms with Gasteiger partial charge in [-0.2, -0.15) is 0 Å². The average Bonchev–Trinajstić information content (AvgIpc) is 2.34. The van der Waals surface area contributed by atoms with Crippen molar-refractivity contribution < 1.29 is 4.79 Å². The van der Waals surface area contributed by atoms with Crippen LogP contribution in [-0.2, 0) is 11.2 Å². The first-order chi connectivity index (χ1) is 8.22. The van der Waals surface area contributed by atoms with Crippen LogP contribution in [-0.4, -0.2) is 12.5 Å². The molecular formula is C14H18N2O. The van der Waals surface area contributed by atoms with Gasteiger partial charge in [0.05, 0.1) is 0 Å². The summed E-state index contributed by atoms with van der Waals surface area (Å²) in [5.41, 5.74) is 7.45. The molecule has 3 nitrogen and oxygen atoms in total. The molecule has 0 aliphatic rings. The monoisotopic (exact) mass is 230 g/mol. The predicted molar refractivity (Wildman–Crippen MR) is 70.3 cm³/mol. The number of carbonyl (C=O) groups excluding carboxylic acids is 1. The van der Waals surface area contributed by atoms with Gasteiger partial charge in [0, 0.05) is 25.1 Å². The van der Waals surface area contributed by atoms with E-state index in [1.807, 2.05) is 24.3 Å². The van der Waals surface area contributed by atoms with Crippen LogP contribution >= 0.6 is 0 Å². The number of carbonyl (C=O) groups is 1. The summed E-state index contributed by atoms with van der Waals surface area (Å²) < 4.78 is 0. The predicted octanol–water partition coefficient (Wildman–Crippen LogP) is 1.73. The summed E-state index contributed by atoms with van der Waals surface area (Å²) >= 11 is 0. The normalized spacial score (nSPS) is 9.59. The molecule has 0 spiro atoms. The van der Waals surface area contributed by atoms with E-state index in [1.54, 1.807) is 0 Å². The van der Waals surface area contributed by atoms with Crippen LogP contribution in [0.2, 0.25) is 0 Å². The topological polar surface area (TPSA) is 55.1 Å². The van der Waals surface area contributed by atoms with Gasteiger partial charge in [-0.25, -0.2) is 0 Å². The van der Waals surface area contributed by atoms with Crippen LogP contribution in [0.4, 0.5) is 5.69 Å². The largest absolute Gasteiger partial charge is 0.399 e. The van der Waals surface area contributed by atoms with Gasteiger partial charge in [0.15, 0.2) is 0 Å². The molecule has 0 bridgehead atoms. The van der Waals surface area contributed by atoms with E-state index in [2.05, 4.69) is 11.2 Å². The van der Waals surface area contributed by atoms with E-state index in [0.29, 0.717) is 19.4 Å². The lowest BCUT2D eigenvalue weighted by Gasteiger charge is -2.04. The molecule has 0 unspecified atom stereocenters. The number of aryl methyl sites for hydroxylation is 1. The number of nitrogens with one attached hydrogen (secondary N) is 1. The zero-order valence-electron chi connectivity index (χ0n) is 9.91. The van der Waals surface area contributed by atoms with Gasteiger partial charge in [-0.3, -0.25) is 4.79 Å². The van der Waals surface area contributed by atoms with Gasteiger partial charge < -0.3 is 11.1 Å². The van der Waals surface area contributed by atoms with E-state index in [4.69, 9.17) is 12.2 Å². The summed E-state index contributed by atoms with van der Waals surface area (Å²) in [6.45, 7) is 0.658. The molecule has 90 valence electrons. The molecule has 0 aliphatic carbocycles. The fourth-order valence-electron chi connectivity index (χ4n) is 1.45. The second kappa shape index (κ2) is 7.34. The van der Waals surface area contributed by atoms with Crippen molar-refractivity contribution in [1.82, 2.24) is 5.32 Å². The summed E-state index contributed by atoms with van der Waals surface area (Å²) in [6.07, 6.45) is 7.90. The third-order valence-electron chi connectivity index (χ3n) is 2.44. The molecule has 0 fully saturated rings. The minimum Gasteiger partial charge on any atom is -0.399 e. The molecule has 0 saturated heterocycles. The zero-order valence-corrected chi connectivity index (χ0v) is 9.91. The van der Waals surface area contributed by atoms with Crippen molar-refractivity contribution in [3.63, 3.8) is 0 Å². The molecule has 3 N–H and O–H groups in total. The van der Waals surface area contributed by atoms with Crippen molar-refractivity contribution in [2.24, 2.45) is 0 Å². The quantitative estimate of drug-likeness (QED) is 0.444. The number of rotatable bonds is 6. The first-order valence-corrected chi connectivity index (χ1v) is 5.77. The number of hydrogen-bond donors (Lipinski definition) is 2. The molecule has 0 atom stereocenters. The number of hydrogen-bond acceptors (Lipinski definition) is 2. The lowest BCUT2D eigenvalue weighted by atomic mass is 10.1. The highest BCUT2D eigenvalue weighted by atomic mass is 16.1. The summed E-state index contributed by atoms with van der Waals surface area (Å²) in [4.78, 5) is 11.5. The molecule has 0 aromatic heterocycles. The number of nitrogens with two attached hydrogens (primary N) is 1. The van der Waals surface area contributed by atoms with Gasteiger partial charge in [0.2, 0.25) is 5.91 Å². The van der Waals surface area contributed by atoms with Crippen molar-refractivity contribution in [3.8, 4) is 12.3 Å². The standard InChI is InChI=1S/C14H18N2O/c1-2-3-4-11-16-14(17)10-7-12-5-8-13(15)9-6-12/h1,5-6,8-9H,3-4,7,10-11,15H2,(H,16,17). The first-order valence-electron chi connectivity index (χ1n) is 5.77. The summed E-state index contributed by atoms with van der Waals surface area (Å²) in [6, 6.07) is 7.59. The van der Waals surface area contributed by atoms with Crippen LogP contribution in [0, 0.1) is 12.3 Å². The number of nitrogen functional groups attached to an aromatic ring is 1. The average molecular weight is 230 g/mol. The van der Waals surface area contributed by atoms with Crippen LogP contribution in [0.1, 0.15) is 24.8 Å². The van der Waals surface area contributed by atoms with Crippen LogP contribution < -0.4 is 11.1 Å². The number of unbranched alkanes of at least 4 members (excludes halogenated alkanes) is 1.